The van der Waals surface area contributed by atoms with Crippen LogP contribution in [0.15, 0.2) is 24.3 Å². The Labute approximate surface area is 127 Å². The lowest BCUT2D eigenvalue weighted by atomic mass is 10.1. The average Bonchev–Trinajstić information content (AvgIpc) is 2.70. The summed E-state index contributed by atoms with van der Waals surface area (Å²) in [6.45, 7) is 5.72. The molecule has 1 aromatic heterocycles. The molecule has 0 aliphatic rings. The molecule has 3 N–H and O–H groups in total. The molecule has 3 nitrogen and oxygen atoms in total. The van der Waals surface area contributed by atoms with Gasteiger partial charge in [-0.25, -0.2) is 0 Å². The van der Waals surface area contributed by atoms with Gasteiger partial charge < -0.3 is 11.1 Å². The molecule has 0 atom stereocenters. The van der Waals surface area contributed by atoms with E-state index in [0.29, 0.717) is 17.1 Å². The second-order valence-electron chi connectivity index (χ2n) is 4.73. The van der Waals surface area contributed by atoms with E-state index < -0.39 is 5.91 Å². The van der Waals surface area contributed by atoms with Crippen LogP contribution in [-0.4, -0.2) is 5.91 Å². The molecule has 0 saturated heterocycles. The Morgan fingerprint density at radius 3 is 2.60 bits per heavy atom. The predicted octanol–water partition coefficient (Wildman–Crippen LogP) is 3.41. The quantitative estimate of drug-likeness (QED) is 0.889. The number of thiophene rings is 1. The first-order valence-electron chi connectivity index (χ1n) is 6.32. The highest BCUT2D eigenvalue weighted by atomic mass is 35.5. The van der Waals surface area contributed by atoms with Gasteiger partial charge >= 0.3 is 0 Å². The first-order chi connectivity index (χ1) is 9.47. The van der Waals surface area contributed by atoms with Crippen LogP contribution < -0.4 is 11.1 Å². The molecule has 20 heavy (non-hydrogen) atoms. The average molecular weight is 309 g/mol. The van der Waals surface area contributed by atoms with Crippen molar-refractivity contribution in [1.29, 1.82) is 0 Å². The van der Waals surface area contributed by atoms with Gasteiger partial charge in [0.25, 0.3) is 0 Å². The number of aryl methyl sites for hydroxylation is 2. The second kappa shape index (κ2) is 6.39. The third kappa shape index (κ3) is 3.60. The molecule has 2 rings (SSSR count). The highest BCUT2D eigenvalue weighted by molar-refractivity contribution is 7.12. The van der Waals surface area contributed by atoms with Gasteiger partial charge in [0.1, 0.15) is 0 Å². The molecule has 0 radical (unpaired) electrons. The van der Waals surface area contributed by atoms with Crippen molar-refractivity contribution in [2.24, 2.45) is 5.73 Å². The van der Waals surface area contributed by atoms with Crippen molar-refractivity contribution >= 4 is 28.8 Å². The molecule has 1 heterocycles. The molecule has 2 aromatic rings. The molecule has 0 saturated carbocycles. The predicted molar refractivity (Wildman–Crippen MR) is 84.3 cm³/mol. The molecule has 0 aliphatic carbocycles. The number of carbonyl (C=O) groups is 1. The molecule has 0 unspecified atom stereocenters. The van der Waals surface area contributed by atoms with Crippen LogP contribution in [-0.2, 0) is 13.1 Å². The molecule has 1 aromatic carbocycles. The number of nitrogens with two attached hydrogens (primary N) is 1. The number of halogens is 1. The summed E-state index contributed by atoms with van der Waals surface area (Å²) >= 11 is 7.94. The largest absolute Gasteiger partial charge is 0.366 e. The zero-order valence-corrected chi connectivity index (χ0v) is 13.1. The van der Waals surface area contributed by atoms with Crippen molar-refractivity contribution in [1.82, 2.24) is 5.32 Å². The number of rotatable bonds is 5. The van der Waals surface area contributed by atoms with Gasteiger partial charge in [0.15, 0.2) is 0 Å². The number of benzene rings is 1. The van der Waals surface area contributed by atoms with E-state index in [0.717, 1.165) is 12.1 Å². The zero-order chi connectivity index (χ0) is 14.7. The molecule has 0 spiro atoms. The van der Waals surface area contributed by atoms with Crippen molar-refractivity contribution < 1.29 is 4.79 Å². The SMILES string of the molecule is Cc1cc(CNCc2ccc(C(N)=O)cc2Cl)sc1C. The minimum atomic E-state index is -0.462. The third-order valence-corrected chi connectivity index (χ3v) is 4.67. The van der Waals surface area contributed by atoms with Crippen LogP contribution in [0.4, 0.5) is 0 Å². The normalized spacial score (nSPS) is 10.8. The number of primary amides is 1. The van der Waals surface area contributed by atoms with Crippen LogP contribution in [0.5, 0.6) is 0 Å². The van der Waals surface area contributed by atoms with Crippen LogP contribution in [0.3, 0.4) is 0 Å². The number of amides is 1. The summed E-state index contributed by atoms with van der Waals surface area (Å²) in [5.74, 6) is -0.462. The zero-order valence-electron chi connectivity index (χ0n) is 11.5. The molecule has 0 bridgehead atoms. The molecular weight excluding hydrogens is 292 g/mol. The first kappa shape index (κ1) is 15.0. The standard InChI is InChI=1S/C15H17ClN2OS/c1-9-5-13(20-10(9)2)8-18-7-12-4-3-11(15(17)19)6-14(12)16/h3-6,18H,7-8H2,1-2H3,(H2,17,19). The van der Waals surface area contributed by atoms with Gasteiger partial charge in [0, 0.05) is 33.4 Å². The number of nitrogens with one attached hydrogen (secondary N) is 1. The highest BCUT2D eigenvalue weighted by Gasteiger charge is 2.06. The topological polar surface area (TPSA) is 55.1 Å². The smallest absolute Gasteiger partial charge is 0.248 e. The summed E-state index contributed by atoms with van der Waals surface area (Å²) in [6.07, 6.45) is 0. The maximum absolute atomic E-state index is 11.0. The summed E-state index contributed by atoms with van der Waals surface area (Å²) < 4.78 is 0. The minimum Gasteiger partial charge on any atom is -0.366 e. The van der Waals surface area contributed by atoms with E-state index in [1.165, 1.54) is 15.3 Å². The van der Waals surface area contributed by atoms with Crippen LogP contribution in [0.25, 0.3) is 0 Å². The number of hydrogen-bond acceptors (Lipinski definition) is 3. The monoisotopic (exact) mass is 308 g/mol. The van der Waals surface area contributed by atoms with E-state index in [-0.39, 0.29) is 0 Å². The molecule has 0 fully saturated rings. The van der Waals surface area contributed by atoms with E-state index >= 15 is 0 Å². The maximum Gasteiger partial charge on any atom is 0.248 e. The van der Waals surface area contributed by atoms with Gasteiger partial charge in [-0.2, -0.15) is 0 Å². The molecule has 1 amide bonds. The van der Waals surface area contributed by atoms with Crippen molar-refractivity contribution in [2.75, 3.05) is 0 Å². The Morgan fingerprint density at radius 2 is 2.05 bits per heavy atom. The minimum absolute atomic E-state index is 0.434. The second-order valence-corrected chi connectivity index (χ2v) is 6.47. The lowest BCUT2D eigenvalue weighted by Gasteiger charge is -2.07. The van der Waals surface area contributed by atoms with Crippen LogP contribution in [0, 0.1) is 13.8 Å². The number of carbonyl (C=O) groups excluding carboxylic acids is 1. The van der Waals surface area contributed by atoms with Crippen LogP contribution in [0.1, 0.15) is 31.2 Å². The molecule has 0 aliphatic heterocycles. The van der Waals surface area contributed by atoms with Gasteiger partial charge in [0.05, 0.1) is 0 Å². The summed E-state index contributed by atoms with van der Waals surface area (Å²) in [5, 5.41) is 3.92. The van der Waals surface area contributed by atoms with E-state index in [1.807, 2.05) is 6.07 Å². The summed E-state index contributed by atoms with van der Waals surface area (Å²) in [7, 11) is 0. The molecule has 5 heteroatoms. The van der Waals surface area contributed by atoms with Crippen LogP contribution >= 0.6 is 22.9 Å². The van der Waals surface area contributed by atoms with Gasteiger partial charge in [0.2, 0.25) is 5.91 Å². The Morgan fingerprint density at radius 1 is 1.30 bits per heavy atom. The van der Waals surface area contributed by atoms with Crippen LogP contribution in [0.2, 0.25) is 5.02 Å². The first-order valence-corrected chi connectivity index (χ1v) is 7.51. The molecule has 106 valence electrons. The van der Waals surface area contributed by atoms with Gasteiger partial charge in [-0.3, -0.25) is 4.79 Å². The van der Waals surface area contributed by atoms with Gasteiger partial charge in [-0.15, -0.1) is 11.3 Å². The molecular formula is C15H17ClN2OS. The van der Waals surface area contributed by atoms with Gasteiger partial charge in [-0.05, 0) is 43.2 Å². The van der Waals surface area contributed by atoms with E-state index in [2.05, 4.69) is 25.2 Å². The fraction of sp³-hybridized carbons (Fsp3) is 0.267. The van der Waals surface area contributed by atoms with Crippen molar-refractivity contribution in [3.63, 3.8) is 0 Å². The fourth-order valence-corrected chi connectivity index (χ4v) is 3.17. The Hall–Kier alpha value is -1.36. The Kier molecular flexibility index (Phi) is 4.81. The summed E-state index contributed by atoms with van der Waals surface area (Å²) in [6, 6.07) is 7.34. The maximum atomic E-state index is 11.0. The lowest BCUT2D eigenvalue weighted by molar-refractivity contribution is 0.100. The van der Waals surface area contributed by atoms with Gasteiger partial charge in [-0.1, -0.05) is 17.7 Å². The third-order valence-electron chi connectivity index (χ3n) is 3.17. The Balaban J connectivity index is 1.95. The van der Waals surface area contributed by atoms with Crippen molar-refractivity contribution in [3.05, 3.63) is 55.7 Å². The van der Waals surface area contributed by atoms with E-state index in [1.54, 1.807) is 23.5 Å². The lowest BCUT2D eigenvalue weighted by Crippen LogP contribution is -2.14. The fourth-order valence-electron chi connectivity index (χ4n) is 1.90. The van der Waals surface area contributed by atoms with Crippen molar-refractivity contribution in [3.8, 4) is 0 Å². The van der Waals surface area contributed by atoms with E-state index in [4.69, 9.17) is 17.3 Å². The van der Waals surface area contributed by atoms with E-state index in [9.17, 15) is 4.79 Å². The highest BCUT2D eigenvalue weighted by Crippen LogP contribution is 2.21. The van der Waals surface area contributed by atoms with Crippen molar-refractivity contribution in [2.45, 2.75) is 26.9 Å². The Bertz CT molecular complexity index is 617. The summed E-state index contributed by atoms with van der Waals surface area (Å²) in [5.41, 5.74) is 7.94. The number of hydrogen-bond donors (Lipinski definition) is 2. The summed E-state index contributed by atoms with van der Waals surface area (Å²) in [4.78, 5) is 13.7.